The van der Waals surface area contributed by atoms with Crippen molar-refractivity contribution in [1.29, 1.82) is 5.26 Å². The van der Waals surface area contributed by atoms with Gasteiger partial charge < -0.3 is 9.64 Å². The molecular formula is C14H15F3N2O. The van der Waals surface area contributed by atoms with Crippen LogP contribution in [-0.4, -0.2) is 31.1 Å². The van der Waals surface area contributed by atoms with E-state index < -0.39 is 17.3 Å². The fourth-order valence-corrected chi connectivity index (χ4v) is 1.96. The first-order valence-corrected chi connectivity index (χ1v) is 6.36. The standard InChI is InChI=1S/C14H15F3N2O/c1-19(11-2-3-11)6-7-20-12-4-5-13(14(15,16)17)10(8-12)9-18/h4-5,8,11H,2-3,6-7H2,1H3. The van der Waals surface area contributed by atoms with Crippen molar-refractivity contribution < 1.29 is 17.9 Å². The van der Waals surface area contributed by atoms with Gasteiger partial charge in [0.05, 0.1) is 17.2 Å². The number of likely N-dealkylation sites (N-methyl/N-ethyl adjacent to an activating group) is 1. The van der Waals surface area contributed by atoms with E-state index >= 15 is 0 Å². The van der Waals surface area contributed by atoms with Crippen LogP contribution in [0.15, 0.2) is 18.2 Å². The van der Waals surface area contributed by atoms with Crippen LogP contribution in [0.2, 0.25) is 0 Å². The number of alkyl halides is 3. The second-order valence-electron chi connectivity index (χ2n) is 4.88. The molecule has 0 atom stereocenters. The van der Waals surface area contributed by atoms with Gasteiger partial charge in [-0.2, -0.15) is 18.4 Å². The molecule has 1 aliphatic rings. The van der Waals surface area contributed by atoms with E-state index in [1.807, 2.05) is 7.05 Å². The van der Waals surface area contributed by atoms with Gasteiger partial charge in [0.1, 0.15) is 12.4 Å². The van der Waals surface area contributed by atoms with Crippen molar-refractivity contribution in [1.82, 2.24) is 4.90 Å². The Morgan fingerprint density at radius 1 is 1.40 bits per heavy atom. The van der Waals surface area contributed by atoms with E-state index in [0.29, 0.717) is 24.9 Å². The molecule has 0 radical (unpaired) electrons. The van der Waals surface area contributed by atoms with Crippen LogP contribution in [0.4, 0.5) is 13.2 Å². The van der Waals surface area contributed by atoms with Gasteiger partial charge >= 0.3 is 6.18 Å². The summed E-state index contributed by atoms with van der Waals surface area (Å²) in [6, 6.07) is 5.45. The molecule has 0 saturated heterocycles. The SMILES string of the molecule is CN(CCOc1ccc(C(F)(F)F)c(C#N)c1)C1CC1. The molecule has 0 N–H and O–H groups in total. The van der Waals surface area contributed by atoms with Gasteiger partial charge in [-0.15, -0.1) is 0 Å². The predicted octanol–water partition coefficient (Wildman–Crippen LogP) is 3.05. The average Bonchev–Trinajstić information content (AvgIpc) is 3.21. The maximum atomic E-state index is 12.6. The predicted molar refractivity (Wildman–Crippen MR) is 67.3 cm³/mol. The molecule has 0 spiro atoms. The van der Waals surface area contributed by atoms with Gasteiger partial charge in [-0.1, -0.05) is 0 Å². The summed E-state index contributed by atoms with van der Waals surface area (Å²) in [7, 11) is 1.99. The first-order valence-electron chi connectivity index (χ1n) is 6.36. The molecule has 3 nitrogen and oxygen atoms in total. The highest BCUT2D eigenvalue weighted by Gasteiger charge is 2.33. The van der Waals surface area contributed by atoms with Gasteiger partial charge in [0.25, 0.3) is 0 Å². The van der Waals surface area contributed by atoms with Crippen LogP contribution in [0, 0.1) is 11.3 Å². The number of benzene rings is 1. The first-order chi connectivity index (χ1) is 9.41. The minimum atomic E-state index is -4.52. The number of ether oxygens (including phenoxy) is 1. The zero-order valence-electron chi connectivity index (χ0n) is 11.1. The number of nitrogens with zero attached hydrogens (tertiary/aromatic N) is 2. The molecule has 0 aromatic heterocycles. The van der Waals surface area contributed by atoms with Crippen LogP contribution in [0.25, 0.3) is 0 Å². The Labute approximate surface area is 115 Å². The van der Waals surface area contributed by atoms with Crippen molar-refractivity contribution in [3.63, 3.8) is 0 Å². The summed E-state index contributed by atoms with van der Waals surface area (Å²) in [5, 5.41) is 8.79. The van der Waals surface area contributed by atoms with Gasteiger partial charge in [-0.25, -0.2) is 0 Å². The van der Waals surface area contributed by atoms with Crippen molar-refractivity contribution in [3.8, 4) is 11.8 Å². The third-order valence-corrected chi connectivity index (χ3v) is 3.30. The molecule has 0 bridgehead atoms. The van der Waals surface area contributed by atoms with Crippen LogP contribution in [-0.2, 0) is 6.18 Å². The third-order valence-electron chi connectivity index (χ3n) is 3.30. The molecule has 1 aromatic carbocycles. The van der Waals surface area contributed by atoms with Gasteiger partial charge in [0, 0.05) is 12.6 Å². The molecular weight excluding hydrogens is 269 g/mol. The van der Waals surface area contributed by atoms with E-state index in [1.54, 1.807) is 6.07 Å². The van der Waals surface area contributed by atoms with Gasteiger partial charge in [0.15, 0.2) is 0 Å². The van der Waals surface area contributed by atoms with E-state index in [-0.39, 0.29) is 0 Å². The Hall–Kier alpha value is -1.74. The Kier molecular flexibility index (Phi) is 4.19. The Bertz CT molecular complexity index is 518. The summed E-state index contributed by atoms with van der Waals surface area (Å²) >= 11 is 0. The van der Waals surface area contributed by atoms with E-state index in [4.69, 9.17) is 10.00 Å². The van der Waals surface area contributed by atoms with Crippen molar-refractivity contribution in [2.24, 2.45) is 0 Å². The Balaban J connectivity index is 1.97. The minimum Gasteiger partial charge on any atom is -0.492 e. The highest BCUT2D eigenvalue weighted by atomic mass is 19.4. The highest BCUT2D eigenvalue weighted by molar-refractivity contribution is 5.44. The van der Waals surface area contributed by atoms with Gasteiger partial charge in [0.2, 0.25) is 0 Å². The van der Waals surface area contributed by atoms with Crippen molar-refractivity contribution in [2.45, 2.75) is 25.1 Å². The second kappa shape index (κ2) is 5.71. The summed E-state index contributed by atoms with van der Waals surface area (Å²) in [6.07, 6.45) is -2.14. The van der Waals surface area contributed by atoms with E-state index in [0.717, 1.165) is 12.1 Å². The average molecular weight is 284 g/mol. The van der Waals surface area contributed by atoms with E-state index in [2.05, 4.69) is 4.90 Å². The molecule has 0 heterocycles. The van der Waals surface area contributed by atoms with E-state index in [1.165, 1.54) is 18.9 Å². The van der Waals surface area contributed by atoms with Crippen LogP contribution >= 0.6 is 0 Å². The summed E-state index contributed by atoms with van der Waals surface area (Å²) < 4.78 is 43.3. The molecule has 1 aromatic rings. The molecule has 2 rings (SSSR count). The normalized spacial score (nSPS) is 15.2. The van der Waals surface area contributed by atoms with Crippen LogP contribution < -0.4 is 4.74 Å². The van der Waals surface area contributed by atoms with Crippen LogP contribution in [0.3, 0.4) is 0 Å². The number of hydrogen-bond donors (Lipinski definition) is 0. The lowest BCUT2D eigenvalue weighted by atomic mass is 10.1. The highest BCUT2D eigenvalue weighted by Crippen LogP contribution is 2.33. The number of hydrogen-bond acceptors (Lipinski definition) is 3. The fourth-order valence-electron chi connectivity index (χ4n) is 1.96. The molecule has 0 unspecified atom stereocenters. The third kappa shape index (κ3) is 3.64. The summed E-state index contributed by atoms with van der Waals surface area (Å²) in [5.74, 6) is 0.291. The summed E-state index contributed by atoms with van der Waals surface area (Å²) in [4.78, 5) is 2.16. The number of nitriles is 1. The molecule has 108 valence electrons. The monoisotopic (exact) mass is 284 g/mol. The zero-order valence-corrected chi connectivity index (χ0v) is 11.1. The summed E-state index contributed by atoms with van der Waals surface area (Å²) in [6.45, 7) is 1.11. The maximum Gasteiger partial charge on any atom is 0.417 e. The largest absolute Gasteiger partial charge is 0.492 e. The topological polar surface area (TPSA) is 36.3 Å². The quantitative estimate of drug-likeness (QED) is 0.833. The van der Waals surface area contributed by atoms with E-state index in [9.17, 15) is 13.2 Å². The van der Waals surface area contributed by atoms with Gasteiger partial charge in [-0.05, 0) is 38.1 Å². The molecule has 1 fully saturated rings. The lowest BCUT2D eigenvalue weighted by Crippen LogP contribution is -2.26. The maximum absolute atomic E-state index is 12.6. The van der Waals surface area contributed by atoms with Crippen LogP contribution in [0.5, 0.6) is 5.75 Å². The van der Waals surface area contributed by atoms with Crippen LogP contribution in [0.1, 0.15) is 24.0 Å². The molecule has 20 heavy (non-hydrogen) atoms. The lowest BCUT2D eigenvalue weighted by molar-refractivity contribution is -0.137. The van der Waals surface area contributed by atoms with Crippen molar-refractivity contribution >= 4 is 0 Å². The fraction of sp³-hybridized carbons (Fsp3) is 0.500. The number of rotatable bonds is 5. The smallest absolute Gasteiger partial charge is 0.417 e. The van der Waals surface area contributed by atoms with Gasteiger partial charge in [-0.3, -0.25) is 0 Å². The molecule has 1 aliphatic carbocycles. The molecule has 6 heteroatoms. The van der Waals surface area contributed by atoms with Crippen molar-refractivity contribution in [2.75, 3.05) is 20.2 Å². The first kappa shape index (κ1) is 14.7. The Morgan fingerprint density at radius 3 is 2.65 bits per heavy atom. The summed E-state index contributed by atoms with van der Waals surface area (Å²) in [5.41, 5.74) is -1.34. The Morgan fingerprint density at radius 2 is 2.10 bits per heavy atom. The van der Waals surface area contributed by atoms with Crippen molar-refractivity contribution in [3.05, 3.63) is 29.3 Å². The molecule has 0 aliphatic heterocycles. The number of halogens is 3. The minimum absolute atomic E-state index is 0.291. The molecule has 0 amide bonds. The second-order valence-corrected chi connectivity index (χ2v) is 4.88. The lowest BCUT2D eigenvalue weighted by Gasteiger charge is -2.16. The molecule has 1 saturated carbocycles. The zero-order chi connectivity index (χ0) is 14.8.